The van der Waals surface area contributed by atoms with Crippen LogP contribution < -0.4 is 10.6 Å². The zero-order chi connectivity index (χ0) is 11.4. The highest BCUT2D eigenvalue weighted by Gasteiger charge is 2.18. The molecule has 0 radical (unpaired) electrons. The number of hydrogen-bond acceptors (Lipinski definition) is 2. The van der Waals surface area contributed by atoms with E-state index in [2.05, 4.69) is 10.6 Å². The van der Waals surface area contributed by atoms with Gasteiger partial charge in [-0.2, -0.15) is 0 Å². The molecule has 16 heavy (non-hydrogen) atoms. The lowest BCUT2D eigenvalue weighted by Crippen LogP contribution is -2.40. The topological polar surface area (TPSA) is 44.4 Å². The van der Waals surface area contributed by atoms with Crippen molar-refractivity contribution in [1.82, 2.24) is 15.5 Å². The van der Waals surface area contributed by atoms with Crippen LogP contribution in [0.2, 0.25) is 0 Å². The molecule has 2 N–H and O–H groups in total. The molecule has 4 heteroatoms. The number of nitrogens with zero attached hydrogens (tertiary/aromatic N) is 1. The summed E-state index contributed by atoms with van der Waals surface area (Å²) in [5.41, 5.74) is 1.13. The normalized spacial score (nSPS) is 17.2. The van der Waals surface area contributed by atoms with Crippen molar-refractivity contribution >= 4 is 6.03 Å². The Morgan fingerprint density at radius 1 is 1.44 bits per heavy atom. The van der Waals surface area contributed by atoms with Crippen LogP contribution in [0.15, 0.2) is 30.3 Å². The monoisotopic (exact) mass is 219 g/mol. The Labute approximate surface area is 95.6 Å². The van der Waals surface area contributed by atoms with Gasteiger partial charge in [-0.25, -0.2) is 4.79 Å². The van der Waals surface area contributed by atoms with E-state index in [1.54, 1.807) is 4.90 Å². The molecule has 1 aromatic carbocycles. The van der Waals surface area contributed by atoms with Crippen LogP contribution in [0.4, 0.5) is 4.79 Å². The first-order valence-electron chi connectivity index (χ1n) is 5.58. The third-order valence-electron chi connectivity index (χ3n) is 2.79. The molecule has 1 aliphatic heterocycles. The summed E-state index contributed by atoms with van der Waals surface area (Å²) < 4.78 is 0. The second kappa shape index (κ2) is 4.99. The molecule has 1 aliphatic rings. The van der Waals surface area contributed by atoms with E-state index in [0.29, 0.717) is 6.67 Å². The Morgan fingerprint density at radius 2 is 2.19 bits per heavy atom. The molecule has 2 rings (SSSR count). The lowest BCUT2D eigenvalue weighted by molar-refractivity contribution is 0.205. The summed E-state index contributed by atoms with van der Waals surface area (Å²) in [5.74, 6) is 0. The van der Waals surface area contributed by atoms with E-state index in [4.69, 9.17) is 0 Å². The minimum absolute atomic E-state index is 0.00125. The molecule has 1 aromatic rings. The van der Waals surface area contributed by atoms with Crippen molar-refractivity contribution in [2.75, 3.05) is 19.8 Å². The molecule has 1 saturated heterocycles. The van der Waals surface area contributed by atoms with Gasteiger partial charge in [-0.15, -0.1) is 0 Å². The molecule has 4 nitrogen and oxygen atoms in total. The van der Waals surface area contributed by atoms with Gasteiger partial charge in [0.05, 0.1) is 12.7 Å². The van der Waals surface area contributed by atoms with Gasteiger partial charge in [-0.1, -0.05) is 30.3 Å². The molecule has 0 saturated carbocycles. The van der Waals surface area contributed by atoms with E-state index in [1.807, 2.05) is 37.3 Å². The van der Waals surface area contributed by atoms with Crippen molar-refractivity contribution in [3.63, 3.8) is 0 Å². The van der Waals surface area contributed by atoms with Crippen molar-refractivity contribution in [2.45, 2.75) is 13.0 Å². The number of rotatable bonds is 2. The van der Waals surface area contributed by atoms with Crippen LogP contribution in [0.25, 0.3) is 0 Å². The maximum atomic E-state index is 11.8. The molecule has 1 fully saturated rings. The average molecular weight is 219 g/mol. The molecule has 0 spiro atoms. The van der Waals surface area contributed by atoms with Crippen molar-refractivity contribution in [3.8, 4) is 0 Å². The number of hydrogen-bond donors (Lipinski definition) is 2. The Morgan fingerprint density at radius 3 is 2.81 bits per heavy atom. The van der Waals surface area contributed by atoms with Gasteiger partial charge in [0.1, 0.15) is 0 Å². The van der Waals surface area contributed by atoms with Gasteiger partial charge in [0, 0.05) is 13.1 Å². The first kappa shape index (κ1) is 11.0. The van der Waals surface area contributed by atoms with Gasteiger partial charge < -0.3 is 10.2 Å². The van der Waals surface area contributed by atoms with Crippen molar-refractivity contribution in [2.24, 2.45) is 0 Å². The molecular formula is C12H17N3O. The summed E-state index contributed by atoms with van der Waals surface area (Å²) in [4.78, 5) is 13.6. The number of carbonyl (C=O) groups is 1. The molecule has 1 heterocycles. The molecule has 2 amide bonds. The van der Waals surface area contributed by atoms with Crippen molar-refractivity contribution < 1.29 is 4.79 Å². The molecular weight excluding hydrogens is 202 g/mol. The van der Waals surface area contributed by atoms with E-state index in [9.17, 15) is 4.79 Å². The molecule has 86 valence electrons. The highest BCUT2D eigenvalue weighted by atomic mass is 16.2. The maximum absolute atomic E-state index is 11.8. The zero-order valence-electron chi connectivity index (χ0n) is 9.44. The quantitative estimate of drug-likeness (QED) is 0.788. The summed E-state index contributed by atoms with van der Waals surface area (Å²) in [6.07, 6.45) is 0. The Hall–Kier alpha value is -1.55. The lowest BCUT2D eigenvalue weighted by atomic mass is 10.1. The van der Waals surface area contributed by atoms with Gasteiger partial charge in [-0.05, 0) is 12.5 Å². The third-order valence-corrected chi connectivity index (χ3v) is 2.79. The van der Waals surface area contributed by atoms with E-state index < -0.39 is 0 Å². The third kappa shape index (κ3) is 2.52. The molecule has 0 bridgehead atoms. The van der Waals surface area contributed by atoms with Crippen LogP contribution in [-0.2, 0) is 0 Å². The van der Waals surface area contributed by atoms with Gasteiger partial charge >= 0.3 is 6.03 Å². The molecule has 0 aromatic heterocycles. The van der Waals surface area contributed by atoms with Crippen molar-refractivity contribution in [1.29, 1.82) is 0 Å². The number of amides is 2. The van der Waals surface area contributed by atoms with E-state index in [-0.39, 0.29) is 12.1 Å². The predicted octanol–water partition coefficient (Wildman–Crippen LogP) is 1.32. The Balaban J connectivity index is 1.92. The molecule has 0 unspecified atom stereocenters. The summed E-state index contributed by atoms with van der Waals surface area (Å²) in [7, 11) is 0. The second-order valence-corrected chi connectivity index (χ2v) is 4.00. The summed E-state index contributed by atoms with van der Waals surface area (Å²) >= 11 is 0. The van der Waals surface area contributed by atoms with Gasteiger partial charge in [-0.3, -0.25) is 5.32 Å². The predicted molar refractivity (Wildman–Crippen MR) is 63.0 cm³/mol. The largest absolute Gasteiger partial charge is 0.331 e. The highest BCUT2D eigenvalue weighted by Crippen LogP contribution is 2.11. The smallest absolute Gasteiger partial charge is 0.318 e. The summed E-state index contributed by atoms with van der Waals surface area (Å²) in [5, 5.41) is 6.12. The number of nitrogens with one attached hydrogen (secondary N) is 2. The first-order valence-corrected chi connectivity index (χ1v) is 5.58. The summed E-state index contributed by atoms with van der Waals surface area (Å²) in [6, 6.07) is 10.0. The van der Waals surface area contributed by atoms with Gasteiger partial charge in [0.2, 0.25) is 0 Å². The van der Waals surface area contributed by atoms with E-state index in [1.165, 1.54) is 0 Å². The minimum atomic E-state index is 0.00125. The number of benzene rings is 1. The average Bonchev–Trinajstić information content (AvgIpc) is 2.83. The summed E-state index contributed by atoms with van der Waals surface area (Å²) in [6.45, 7) is 4.31. The SMILES string of the molecule is C[C@H](NC(=O)N1CCNC1)c1ccccc1. The van der Waals surface area contributed by atoms with Crippen LogP contribution in [0, 0.1) is 0 Å². The zero-order valence-corrected chi connectivity index (χ0v) is 9.44. The van der Waals surface area contributed by atoms with Gasteiger partial charge in [0.25, 0.3) is 0 Å². The number of carbonyl (C=O) groups excluding carboxylic acids is 1. The van der Waals surface area contributed by atoms with E-state index >= 15 is 0 Å². The van der Waals surface area contributed by atoms with Crippen molar-refractivity contribution in [3.05, 3.63) is 35.9 Å². The van der Waals surface area contributed by atoms with Crippen LogP contribution in [0.5, 0.6) is 0 Å². The maximum Gasteiger partial charge on any atom is 0.318 e. The van der Waals surface area contributed by atoms with Crippen LogP contribution in [0.1, 0.15) is 18.5 Å². The fourth-order valence-electron chi connectivity index (χ4n) is 1.78. The molecule has 1 atom stereocenters. The van der Waals surface area contributed by atoms with Crippen LogP contribution >= 0.6 is 0 Å². The lowest BCUT2D eigenvalue weighted by Gasteiger charge is -2.20. The Kier molecular flexibility index (Phi) is 3.41. The second-order valence-electron chi connectivity index (χ2n) is 4.00. The van der Waals surface area contributed by atoms with Crippen LogP contribution in [-0.4, -0.2) is 30.7 Å². The number of urea groups is 1. The Bertz CT molecular complexity index is 347. The minimum Gasteiger partial charge on any atom is -0.331 e. The fourth-order valence-corrected chi connectivity index (χ4v) is 1.78. The van der Waals surface area contributed by atoms with Gasteiger partial charge in [0.15, 0.2) is 0 Å². The van der Waals surface area contributed by atoms with Crippen LogP contribution in [0.3, 0.4) is 0 Å². The molecule has 0 aliphatic carbocycles. The first-order chi connectivity index (χ1) is 7.77. The fraction of sp³-hybridized carbons (Fsp3) is 0.417. The highest BCUT2D eigenvalue weighted by molar-refractivity contribution is 5.74. The standard InChI is InChI=1S/C12H17N3O/c1-10(11-5-3-2-4-6-11)14-12(16)15-8-7-13-9-15/h2-6,10,13H,7-9H2,1H3,(H,14,16)/t10-/m0/s1. The van der Waals surface area contributed by atoms with E-state index in [0.717, 1.165) is 18.7 Å².